The van der Waals surface area contributed by atoms with Crippen LogP contribution in [0.1, 0.15) is 9.88 Å². The number of hydrogen-bond acceptors (Lipinski definition) is 6. The molecule has 0 saturated heterocycles. The number of aromatic nitrogens is 1. The normalized spacial score (nSPS) is 11.6. The van der Waals surface area contributed by atoms with Crippen LogP contribution in [0.15, 0.2) is 60.8 Å². The molecule has 1 aromatic carbocycles. The van der Waals surface area contributed by atoms with Gasteiger partial charge in [-0.05, 0) is 41.8 Å². The molecule has 7 heteroatoms. The third-order valence-corrected chi connectivity index (χ3v) is 5.84. The number of fused-ring (bicyclic) bond motifs is 1. The molecule has 3 heterocycles. The van der Waals surface area contributed by atoms with Crippen LogP contribution < -0.4 is 5.63 Å². The molecular weight excluding hydrogens is 432 g/mol. The zero-order valence-corrected chi connectivity index (χ0v) is 16.3. The fraction of sp³-hybridized carbons (Fsp3) is 0. The quantitative estimate of drug-likeness (QED) is 0.298. The van der Waals surface area contributed by atoms with Gasteiger partial charge in [-0.1, -0.05) is 22.0 Å². The molecule has 4 nitrogen and oxygen atoms in total. The van der Waals surface area contributed by atoms with Crippen LogP contribution in [-0.2, 0) is 0 Å². The van der Waals surface area contributed by atoms with Gasteiger partial charge in [0, 0.05) is 20.1 Å². The lowest BCUT2D eigenvalue weighted by atomic mass is 10.1. The number of allylic oxidation sites excluding steroid dienone is 1. The Balaban J connectivity index is 1.79. The molecule has 0 fully saturated rings. The first-order valence-electron chi connectivity index (χ1n) is 7.49. The lowest BCUT2D eigenvalue weighted by Gasteiger charge is -2.00. The predicted molar refractivity (Wildman–Crippen MR) is 109 cm³/mol. The van der Waals surface area contributed by atoms with E-state index >= 15 is 0 Å². The smallest absolute Gasteiger partial charge is 0.345 e. The summed E-state index contributed by atoms with van der Waals surface area (Å²) >= 11 is 6.30. The van der Waals surface area contributed by atoms with Crippen LogP contribution in [0.4, 0.5) is 0 Å². The lowest BCUT2D eigenvalue weighted by Crippen LogP contribution is -2.02. The van der Waals surface area contributed by atoms with E-state index in [2.05, 4.69) is 27.0 Å². The van der Waals surface area contributed by atoms with Crippen molar-refractivity contribution < 1.29 is 4.42 Å². The highest BCUT2D eigenvalue weighted by Gasteiger charge is 2.14. The average molecular weight is 441 g/mol. The van der Waals surface area contributed by atoms with E-state index in [1.165, 1.54) is 11.3 Å². The van der Waals surface area contributed by atoms with E-state index in [1.807, 2.05) is 29.6 Å². The molecule has 0 aliphatic rings. The Morgan fingerprint density at radius 3 is 2.92 bits per heavy atom. The van der Waals surface area contributed by atoms with E-state index in [4.69, 9.17) is 4.42 Å². The van der Waals surface area contributed by atoms with E-state index in [-0.39, 0.29) is 0 Å². The zero-order valence-electron chi connectivity index (χ0n) is 13.1. The van der Waals surface area contributed by atoms with Gasteiger partial charge >= 0.3 is 5.63 Å². The number of nitrogens with zero attached hydrogens (tertiary/aromatic N) is 2. The minimum Gasteiger partial charge on any atom is -0.422 e. The second kappa shape index (κ2) is 7.00. The largest absolute Gasteiger partial charge is 0.422 e. The van der Waals surface area contributed by atoms with Crippen LogP contribution in [0.3, 0.4) is 0 Å². The van der Waals surface area contributed by atoms with Crippen molar-refractivity contribution in [3.8, 4) is 17.3 Å². The summed E-state index contributed by atoms with van der Waals surface area (Å²) in [5.74, 6) is 0. The number of thiazole rings is 1. The third kappa shape index (κ3) is 3.27. The van der Waals surface area contributed by atoms with Gasteiger partial charge in [0.05, 0.1) is 16.8 Å². The maximum Gasteiger partial charge on any atom is 0.345 e. The van der Waals surface area contributed by atoms with Crippen molar-refractivity contribution in [3.63, 3.8) is 0 Å². The maximum atomic E-state index is 12.3. The molecule has 0 N–H and O–H groups in total. The molecule has 0 amide bonds. The monoisotopic (exact) mass is 440 g/mol. The van der Waals surface area contributed by atoms with E-state index in [9.17, 15) is 10.1 Å². The molecular formula is C19H9BrN2O2S2. The minimum absolute atomic E-state index is 0.381. The van der Waals surface area contributed by atoms with Gasteiger partial charge in [-0.15, -0.1) is 22.7 Å². The fourth-order valence-corrected chi connectivity index (χ4v) is 4.27. The summed E-state index contributed by atoms with van der Waals surface area (Å²) in [6.45, 7) is 0. The van der Waals surface area contributed by atoms with Crippen LogP contribution in [-0.4, -0.2) is 4.98 Å². The van der Waals surface area contributed by atoms with Crippen LogP contribution in [0.2, 0.25) is 0 Å². The third-order valence-electron chi connectivity index (χ3n) is 3.66. The molecule has 0 aliphatic heterocycles. The topological polar surface area (TPSA) is 66.9 Å². The molecule has 3 aromatic heterocycles. The molecule has 4 aromatic rings. The van der Waals surface area contributed by atoms with Crippen LogP contribution in [0.25, 0.3) is 33.9 Å². The van der Waals surface area contributed by atoms with Crippen LogP contribution in [0.5, 0.6) is 0 Å². The molecule has 0 atom stereocenters. The molecule has 126 valence electrons. The number of thiophene rings is 1. The molecule has 0 radical (unpaired) electrons. The highest BCUT2D eigenvalue weighted by Crippen LogP contribution is 2.28. The summed E-state index contributed by atoms with van der Waals surface area (Å²) in [4.78, 5) is 17.8. The second-order valence-corrected chi connectivity index (χ2v) is 8.11. The van der Waals surface area contributed by atoms with Gasteiger partial charge in [0.25, 0.3) is 0 Å². The van der Waals surface area contributed by atoms with Gasteiger partial charge in [-0.3, -0.25) is 0 Å². The first-order chi connectivity index (χ1) is 12.6. The van der Waals surface area contributed by atoms with Crippen molar-refractivity contribution in [2.24, 2.45) is 0 Å². The molecule has 0 aliphatic carbocycles. The molecule has 4 rings (SSSR count). The Morgan fingerprint density at radius 1 is 1.27 bits per heavy atom. The summed E-state index contributed by atoms with van der Waals surface area (Å²) < 4.78 is 6.29. The van der Waals surface area contributed by atoms with Gasteiger partial charge < -0.3 is 4.42 Å². The van der Waals surface area contributed by atoms with Crippen LogP contribution >= 0.6 is 38.6 Å². The molecule has 0 spiro atoms. The second-order valence-electron chi connectivity index (χ2n) is 5.35. The van der Waals surface area contributed by atoms with E-state index in [1.54, 1.807) is 34.9 Å². The van der Waals surface area contributed by atoms with E-state index < -0.39 is 5.63 Å². The van der Waals surface area contributed by atoms with Gasteiger partial charge in [0.15, 0.2) is 0 Å². The number of rotatable bonds is 3. The fourth-order valence-electron chi connectivity index (χ4n) is 2.45. The number of halogens is 1. The standard InChI is InChI=1S/C19H9BrN2O2S2/c20-13-3-4-17-11(6-13)8-15(19(23)24-17)16-10-26-18(22-16)12(9-21)7-14-2-1-5-25-14/h1-8,10H/b12-7-. The summed E-state index contributed by atoms with van der Waals surface area (Å²) in [6.07, 6.45) is 1.80. The van der Waals surface area contributed by atoms with Gasteiger partial charge in [-0.25, -0.2) is 9.78 Å². The number of nitriles is 1. The highest BCUT2D eigenvalue weighted by atomic mass is 79.9. The van der Waals surface area contributed by atoms with Crippen molar-refractivity contribution in [1.29, 1.82) is 5.26 Å². The summed E-state index contributed by atoms with van der Waals surface area (Å²) in [5, 5.41) is 14.5. The summed E-state index contributed by atoms with van der Waals surface area (Å²) in [6, 6.07) is 13.3. The van der Waals surface area contributed by atoms with Crippen molar-refractivity contribution in [2.45, 2.75) is 0 Å². The Labute approximate surface area is 164 Å². The lowest BCUT2D eigenvalue weighted by molar-refractivity contribution is 0.563. The Kier molecular flexibility index (Phi) is 4.55. The van der Waals surface area contributed by atoms with Gasteiger partial charge in [-0.2, -0.15) is 5.26 Å². The molecule has 0 unspecified atom stereocenters. The average Bonchev–Trinajstić information content (AvgIpc) is 3.31. The number of hydrogen-bond donors (Lipinski definition) is 0. The maximum absolute atomic E-state index is 12.3. The van der Waals surface area contributed by atoms with Gasteiger partial charge in [0.1, 0.15) is 16.7 Å². The molecule has 0 saturated carbocycles. The van der Waals surface area contributed by atoms with Crippen molar-refractivity contribution in [3.05, 3.63) is 71.9 Å². The number of benzene rings is 1. The van der Waals surface area contributed by atoms with Crippen molar-refractivity contribution in [2.75, 3.05) is 0 Å². The highest BCUT2D eigenvalue weighted by molar-refractivity contribution is 9.10. The van der Waals surface area contributed by atoms with Crippen molar-refractivity contribution in [1.82, 2.24) is 4.98 Å². The van der Waals surface area contributed by atoms with E-state index in [0.717, 1.165) is 14.7 Å². The first-order valence-corrected chi connectivity index (χ1v) is 10.0. The minimum atomic E-state index is -0.447. The predicted octanol–water partition coefficient (Wildman–Crippen LogP) is 5.80. The zero-order chi connectivity index (χ0) is 18.1. The van der Waals surface area contributed by atoms with Crippen LogP contribution in [0, 0.1) is 11.3 Å². The molecule has 0 bridgehead atoms. The Hall–Kier alpha value is -2.53. The van der Waals surface area contributed by atoms with Crippen molar-refractivity contribution >= 4 is 61.2 Å². The van der Waals surface area contributed by atoms with E-state index in [0.29, 0.717) is 27.4 Å². The summed E-state index contributed by atoms with van der Waals surface area (Å²) in [5.41, 5.74) is 1.43. The Bertz CT molecular complexity index is 1230. The Morgan fingerprint density at radius 2 is 2.15 bits per heavy atom. The molecule has 26 heavy (non-hydrogen) atoms. The van der Waals surface area contributed by atoms with Gasteiger partial charge in [0.2, 0.25) is 0 Å². The first kappa shape index (κ1) is 16.9. The SMILES string of the molecule is N#C/C(=C/c1cccs1)c1nc(-c2cc3cc(Br)ccc3oc2=O)cs1. The summed E-state index contributed by atoms with van der Waals surface area (Å²) in [7, 11) is 0.